The van der Waals surface area contributed by atoms with E-state index in [-0.39, 0.29) is 0 Å². The van der Waals surface area contributed by atoms with Gasteiger partial charge in [0.15, 0.2) is 5.65 Å². The Morgan fingerprint density at radius 2 is 2.17 bits per heavy atom. The summed E-state index contributed by atoms with van der Waals surface area (Å²) in [6.45, 7) is 4.34. The first-order chi connectivity index (χ1) is 8.63. The molecular formula is C12H13N5O. The molecule has 3 aromatic heterocycles. The van der Waals surface area contributed by atoms with Crippen molar-refractivity contribution in [3.63, 3.8) is 0 Å². The summed E-state index contributed by atoms with van der Waals surface area (Å²) in [6.07, 6.45) is 1.80. The molecule has 92 valence electrons. The monoisotopic (exact) mass is 243 g/mol. The first-order valence-corrected chi connectivity index (χ1v) is 5.64. The predicted molar refractivity (Wildman–Crippen MR) is 67.0 cm³/mol. The molecule has 0 saturated carbocycles. The third-order valence-corrected chi connectivity index (χ3v) is 2.75. The Kier molecular flexibility index (Phi) is 2.29. The van der Waals surface area contributed by atoms with Crippen LogP contribution in [0.1, 0.15) is 17.0 Å². The van der Waals surface area contributed by atoms with Gasteiger partial charge in [0.1, 0.15) is 17.0 Å². The molecule has 0 radical (unpaired) electrons. The number of fused-ring (bicyclic) bond motifs is 1. The summed E-state index contributed by atoms with van der Waals surface area (Å²) in [5.41, 5.74) is 9.34. The first kappa shape index (κ1) is 10.8. The predicted octanol–water partition coefficient (Wildman–Crippen LogP) is 1.67. The molecule has 3 heterocycles. The lowest BCUT2D eigenvalue weighted by molar-refractivity contribution is 0.389. The molecule has 3 rings (SSSR count). The van der Waals surface area contributed by atoms with Crippen molar-refractivity contribution >= 4 is 17.1 Å². The third-order valence-electron chi connectivity index (χ3n) is 2.75. The molecule has 0 atom stereocenters. The van der Waals surface area contributed by atoms with E-state index in [1.165, 1.54) is 0 Å². The van der Waals surface area contributed by atoms with Crippen molar-refractivity contribution in [1.29, 1.82) is 0 Å². The van der Waals surface area contributed by atoms with Crippen LogP contribution < -0.4 is 5.73 Å². The molecule has 18 heavy (non-hydrogen) atoms. The lowest BCUT2D eigenvalue weighted by Crippen LogP contribution is -2.05. The molecule has 0 spiro atoms. The number of nitrogens with zero attached hydrogens (tertiary/aromatic N) is 4. The maximum Gasteiger partial charge on any atom is 0.202 e. The number of nitrogen functional groups attached to an aromatic ring is 1. The van der Waals surface area contributed by atoms with E-state index in [9.17, 15) is 0 Å². The summed E-state index contributed by atoms with van der Waals surface area (Å²) in [7, 11) is 0. The van der Waals surface area contributed by atoms with Crippen LogP contribution in [0, 0.1) is 13.8 Å². The SMILES string of the molecule is Cc1cnc2c(c1)nc(N)n2Cc1cc(C)on1. The maximum atomic E-state index is 5.91. The van der Waals surface area contributed by atoms with Crippen LogP contribution in [0.5, 0.6) is 0 Å². The van der Waals surface area contributed by atoms with Gasteiger partial charge in [0, 0.05) is 12.3 Å². The second-order valence-electron chi connectivity index (χ2n) is 4.34. The van der Waals surface area contributed by atoms with Crippen molar-refractivity contribution in [3.8, 4) is 0 Å². The fourth-order valence-corrected chi connectivity index (χ4v) is 1.94. The minimum absolute atomic E-state index is 0.434. The molecular weight excluding hydrogens is 230 g/mol. The van der Waals surface area contributed by atoms with Crippen molar-refractivity contribution in [2.75, 3.05) is 5.73 Å². The number of pyridine rings is 1. The summed E-state index contributed by atoms with van der Waals surface area (Å²) in [4.78, 5) is 8.66. The van der Waals surface area contributed by atoms with Gasteiger partial charge in [0.05, 0.1) is 6.54 Å². The standard InChI is InChI=1S/C12H13N5O/c1-7-3-10-11(14-5-7)17(12(13)15-10)6-9-4-8(2)18-16-9/h3-5H,6H2,1-2H3,(H2,13,15). The first-order valence-electron chi connectivity index (χ1n) is 5.64. The Hall–Kier alpha value is -2.37. The third kappa shape index (κ3) is 1.71. The zero-order chi connectivity index (χ0) is 12.7. The lowest BCUT2D eigenvalue weighted by Gasteiger charge is -2.02. The molecule has 0 aliphatic rings. The van der Waals surface area contributed by atoms with Crippen molar-refractivity contribution in [2.24, 2.45) is 0 Å². The molecule has 0 aliphatic heterocycles. The second-order valence-corrected chi connectivity index (χ2v) is 4.34. The number of nitrogens with two attached hydrogens (primary N) is 1. The van der Waals surface area contributed by atoms with Crippen LogP contribution in [0.2, 0.25) is 0 Å². The van der Waals surface area contributed by atoms with Crippen molar-refractivity contribution < 1.29 is 4.52 Å². The van der Waals surface area contributed by atoms with Crippen molar-refractivity contribution in [3.05, 3.63) is 35.3 Å². The van der Waals surface area contributed by atoms with Gasteiger partial charge < -0.3 is 10.3 Å². The van der Waals surface area contributed by atoms with Gasteiger partial charge in [-0.2, -0.15) is 0 Å². The largest absolute Gasteiger partial charge is 0.369 e. The van der Waals surface area contributed by atoms with Crippen molar-refractivity contribution in [2.45, 2.75) is 20.4 Å². The van der Waals surface area contributed by atoms with Gasteiger partial charge in [-0.25, -0.2) is 9.97 Å². The van der Waals surface area contributed by atoms with E-state index >= 15 is 0 Å². The molecule has 0 aliphatic carbocycles. The van der Waals surface area contributed by atoms with E-state index in [1.807, 2.05) is 30.5 Å². The Morgan fingerprint density at radius 3 is 2.89 bits per heavy atom. The van der Waals surface area contributed by atoms with Crippen LogP contribution >= 0.6 is 0 Å². The topological polar surface area (TPSA) is 82.8 Å². The molecule has 6 nitrogen and oxygen atoms in total. The number of aryl methyl sites for hydroxylation is 2. The van der Waals surface area contributed by atoms with E-state index in [0.717, 1.165) is 28.2 Å². The van der Waals surface area contributed by atoms with Crippen LogP contribution in [0.4, 0.5) is 5.95 Å². The fourth-order valence-electron chi connectivity index (χ4n) is 1.94. The van der Waals surface area contributed by atoms with E-state index in [0.29, 0.717) is 12.5 Å². The highest BCUT2D eigenvalue weighted by atomic mass is 16.5. The highest BCUT2D eigenvalue weighted by Gasteiger charge is 2.11. The average molecular weight is 243 g/mol. The van der Waals surface area contributed by atoms with Gasteiger partial charge in [-0.1, -0.05) is 5.16 Å². The molecule has 2 N–H and O–H groups in total. The maximum absolute atomic E-state index is 5.91. The smallest absolute Gasteiger partial charge is 0.202 e. The minimum atomic E-state index is 0.434. The number of imidazole rings is 1. The average Bonchev–Trinajstić information content (AvgIpc) is 2.84. The van der Waals surface area contributed by atoms with Gasteiger partial charge in [-0.15, -0.1) is 0 Å². The number of aromatic nitrogens is 4. The number of anilines is 1. The lowest BCUT2D eigenvalue weighted by atomic mass is 10.3. The fraction of sp³-hybridized carbons (Fsp3) is 0.250. The van der Waals surface area contributed by atoms with Gasteiger partial charge in [0.2, 0.25) is 5.95 Å². The zero-order valence-corrected chi connectivity index (χ0v) is 10.2. The molecule has 6 heteroatoms. The second kappa shape index (κ2) is 3.83. The van der Waals surface area contributed by atoms with Gasteiger partial charge in [0.25, 0.3) is 0 Å². The van der Waals surface area contributed by atoms with E-state index in [1.54, 1.807) is 6.20 Å². The zero-order valence-electron chi connectivity index (χ0n) is 10.2. The number of hydrogen-bond donors (Lipinski definition) is 1. The molecule has 0 unspecified atom stereocenters. The summed E-state index contributed by atoms with van der Waals surface area (Å²) in [5.74, 6) is 1.21. The molecule has 0 aromatic carbocycles. The minimum Gasteiger partial charge on any atom is -0.369 e. The highest BCUT2D eigenvalue weighted by Crippen LogP contribution is 2.18. The summed E-state index contributed by atoms with van der Waals surface area (Å²) in [5, 5.41) is 3.95. The number of hydrogen-bond acceptors (Lipinski definition) is 5. The molecule has 0 saturated heterocycles. The summed E-state index contributed by atoms with van der Waals surface area (Å²) in [6, 6.07) is 3.84. The number of rotatable bonds is 2. The van der Waals surface area contributed by atoms with Gasteiger partial charge >= 0.3 is 0 Å². The van der Waals surface area contributed by atoms with E-state index in [4.69, 9.17) is 10.3 Å². The van der Waals surface area contributed by atoms with E-state index in [2.05, 4.69) is 15.1 Å². The summed E-state index contributed by atoms with van der Waals surface area (Å²) >= 11 is 0. The Labute approximate surface area is 103 Å². The van der Waals surface area contributed by atoms with Crippen molar-refractivity contribution in [1.82, 2.24) is 19.7 Å². The molecule has 0 bridgehead atoms. The molecule has 0 amide bonds. The van der Waals surface area contributed by atoms with Crippen LogP contribution in [-0.4, -0.2) is 19.7 Å². The van der Waals surface area contributed by atoms with Crippen LogP contribution in [-0.2, 0) is 6.54 Å². The van der Waals surface area contributed by atoms with Gasteiger partial charge in [-0.3, -0.25) is 4.57 Å². The Bertz CT molecular complexity index is 712. The van der Waals surface area contributed by atoms with Crippen LogP contribution in [0.3, 0.4) is 0 Å². The normalized spacial score (nSPS) is 11.2. The van der Waals surface area contributed by atoms with Crippen LogP contribution in [0.25, 0.3) is 11.2 Å². The van der Waals surface area contributed by atoms with E-state index < -0.39 is 0 Å². The highest BCUT2D eigenvalue weighted by molar-refractivity contribution is 5.74. The van der Waals surface area contributed by atoms with Crippen LogP contribution in [0.15, 0.2) is 22.9 Å². The Balaban J connectivity index is 2.08. The Morgan fingerprint density at radius 1 is 1.33 bits per heavy atom. The summed E-state index contributed by atoms with van der Waals surface area (Å²) < 4.78 is 6.86. The van der Waals surface area contributed by atoms with Gasteiger partial charge in [-0.05, 0) is 25.5 Å². The quantitative estimate of drug-likeness (QED) is 0.740. The molecule has 0 fully saturated rings. The molecule has 3 aromatic rings.